The van der Waals surface area contributed by atoms with Crippen LogP contribution in [-0.4, -0.2) is 30.3 Å². The normalized spacial score (nSPS) is 35.1. The number of hydrogen-bond acceptors (Lipinski definition) is 3. The van der Waals surface area contributed by atoms with Gasteiger partial charge in [0.2, 0.25) is 5.91 Å². The molecule has 23 heavy (non-hydrogen) atoms. The average Bonchev–Trinajstić information content (AvgIpc) is 3.16. The number of aliphatic hydroxyl groups excluding tert-OH is 1. The second kappa shape index (κ2) is 6.25. The molecule has 4 rings (SSSR count). The van der Waals surface area contributed by atoms with Crippen LogP contribution in [0.5, 0.6) is 0 Å². The van der Waals surface area contributed by atoms with Gasteiger partial charge in [0.25, 0.3) is 0 Å². The number of rotatable bonds is 4. The summed E-state index contributed by atoms with van der Waals surface area (Å²) in [6.45, 7) is 0.872. The Kier molecular flexibility index (Phi) is 4.12. The molecule has 2 N–H and O–H groups in total. The number of hydrogen-bond donors (Lipinski definition) is 2. The first-order valence-corrected chi connectivity index (χ1v) is 8.86. The van der Waals surface area contributed by atoms with Gasteiger partial charge in [-0.15, -0.1) is 0 Å². The Balaban J connectivity index is 1.41. The Morgan fingerprint density at radius 3 is 2.96 bits per heavy atom. The summed E-state index contributed by atoms with van der Waals surface area (Å²) >= 11 is 0. The van der Waals surface area contributed by atoms with Crippen molar-refractivity contribution in [3.63, 3.8) is 0 Å². The van der Waals surface area contributed by atoms with E-state index in [1.165, 1.54) is 24.8 Å². The lowest BCUT2D eigenvalue weighted by atomic mass is 9.85. The quantitative estimate of drug-likeness (QED) is 0.895. The Bertz CT molecular complexity index is 588. The standard InChI is InChI=1S/C19H25NO3/c21-11-16-13-5-6-14(9-13)19(16)20-18(22)10-17-15-4-2-1-3-12(15)7-8-23-17/h1-4,13-14,16-17,19,21H,5-11H2,(H,20,22). The molecule has 124 valence electrons. The van der Waals surface area contributed by atoms with Crippen molar-refractivity contribution in [3.05, 3.63) is 35.4 Å². The van der Waals surface area contributed by atoms with E-state index in [0.717, 1.165) is 12.0 Å². The summed E-state index contributed by atoms with van der Waals surface area (Å²) < 4.78 is 5.84. The summed E-state index contributed by atoms with van der Waals surface area (Å²) in [5.41, 5.74) is 2.45. The first-order valence-electron chi connectivity index (χ1n) is 8.86. The highest BCUT2D eigenvalue weighted by Gasteiger charge is 2.47. The van der Waals surface area contributed by atoms with E-state index in [2.05, 4.69) is 17.4 Å². The van der Waals surface area contributed by atoms with Crippen molar-refractivity contribution >= 4 is 5.91 Å². The molecule has 2 fully saturated rings. The first kappa shape index (κ1) is 15.2. The number of carbonyl (C=O) groups excluding carboxylic acids is 1. The fraction of sp³-hybridized carbons (Fsp3) is 0.632. The second-order valence-electron chi connectivity index (χ2n) is 7.29. The Morgan fingerprint density at radius 1 is 1.26 bits per heavy atom. The van der Waals surface area contributed by atoms with Crippen molar-refractivity contribution in [2.24, 2.45) is 17.8 Å². The molecule has 4 nitrogen and oxygen atoms in total. The first-order chi connectivity index (χ1) is 11.3. The van der Waals surface area contributed by atoms with Crippen LogP contribution in [0.4, 0.5) is 0 Å². The molecule has 0 aromatic heterocycles. The largest absolute Gasteiger partial charge is 0.396 e. The van der Waals surface area contributed by atoms with Crippen LogP contribution in [0, 0.1) is 17.8 Å². The number of nitrogens with one attached hydrogen (secondary N) is 1. The lowest BCUT2D eigenvalue weighted by Crippen LogP contribution is -2.45. The molecule has 5 atom stereocenters. The zero-order chi connectivity index (χ0) is 15.8. The molecule has 0 saturated heterocycles. The highest BCUT2D eigenvalue weighted by molar-refractivity contribution is 5.77. The van der Waals surface area contributed by atoms with Crippen LogP contribution in [0.25, 0.3) is 0 Å². The maximum Gasteiger partial charge on any atom is 0.223 e. The third-order valence-corrected chi connectivity index (χ3v) is 6.09. The van der Waals surface area contributed by atoms with Crippen LogP contribution >= 0.6 is 0 Å². The topological polar surface area (TPSA) is 58.6 Å². The Hall–Kier alpha value is -1.39. The number of benzene rings is 1. The molecule has 2 bridgehead atoms. The number of ether oxygens (including phenoxy) is 1. The average molecular weight is 315 g/mol. The van der Waals surface area contributed by atoms with E-state index < -0.39 is 0 Å². The molecule has 2 saturated carbocycles. The molecule has 2 aliphatic carbocycles. The smallest absolute Gasteiger partial charge is 0.223 e. The van der Waals surface area contributed by atoms with Crippen molar-refractivity contribution in [2.45, 2.75) is 44.2 Å². The van der Waals surface area contributed by atoms with Crippen LogP contribution in [0.1, 0.15) is 42.9 Å². The van der Waals surface area contributed by atoms with E-state index in [1.807, 2.05) is 12.1 Å². The summed E-state index contributed by atoms with van der Waals surface area (Å²) in [5, 5.41) is 12.9. The highest BCUT2D eigenvalue weighted by Crippen LogP contribution is 2.48. The van der Waals surface area contributed by atoms with Gasteiger partial charge in [-0.05, 0) is 48.6 Å². The van der Waals surface area contributed by atoms with E-state index in [4.69, 9.17) is 4.74 Å². The third-order valence-electron chi connectivity index (χ3n) is 6.09. The summed E-state index contributed by atoms with van der Waals surface area (Å²) in [7, 11) is 0. The molecule has 0 spiro atoms. The van der Waals surface area contributed by atoms with E-state index in [-0.39, 0.29) is 30.6 Å². The molecule has 1 heterocycles. The van der Waals surface area contributed by atoms with E-state index in [1.54, 1.807) is 0 Å². The summed E-state index contributed by atoms with van der Waals surface area (Å²) in [4.78, 5) is 12.5. The van der Waals surface area contributed by atoms with Crippen molar-refractivity contribution in [1.82, 2.24) is 5.32 Å². The minimum Gasteiger partial charge on any atom is -0.396 e. The Morgan fingerprint density at radius 2 is 2.09 bits per heavy atom. The second-order valence-corrected chi connectivity index (χ2v) is 7.29. The van der Waals surface area contributed by atoms with Crippen molar-refractivity contribution in [2.75, 3.05) is 13.2 Å². The predicted molar refractivity (Wildman–Crippen MR) is 86.8 cm³/mol. The van der Waals surface area contributed by atoms with Gasteiger partial charge >= 0.3 is 0 Å². The van der Waals surface area contributed by atoms with Crippen molar-refractivity contribution in [1.29, 1.82) is 0 Å². The third kappa shape index (κ3) is 2.79. The number of aliphatic hydroxyl groups is 1. The molecule has 1 aromatic carbocycles. The van der Waals surface area contributed by atoms with Gasteiger partial charge < -0.3 is 15.2 Å². The van der Waals surface area contributed by atoms with Gasteiger partial charge in [-0.2, -0.15) is 0 Å². The van der Waals surface area contributed by atoms with Gasteiger partial charge in [0.1, 0.15) is 0 Å². The molecule has 4 heteroatoms. The molecule has 1 amide bonds. The maximum absolute atomic E-state index is 12.5. The maximum atomic E-state index is 12.5. The minimum atomic E-state index is -0.133. The lowest BCUT2D eigenvalue weighted by Gasteiger charge is -2.31. The van der Waals surface area contributed by atoms with Gasteiger partial charge in [0, 0.05) is 18.6 Å². The van der Waals surface area contributed by atoms with Crippen LogP contribution in [0.3, 0.4) is 0 Å². The fourth-order valence-corrected chi connectivity index (χ4v) is 4.96. The van der Waals surface area contributed by atoms with Crippen molar-refractivity contribution in [3.8, 4) is 0 Å². The summed E-state index contributed by atoms with van der Waals surface area (Å²) in [6.07, 6.45) is 4.73. The van der Waals surface area contributed by atoms with Crippen LogP contribution in [0.15, 0.2) is 24.3 Å². The number of fused-ring (bicyclic) bond motifs is 3. The molecule has 1 aromatic rings. The molecular formula is C19H25NO3. The van der Waals surface area contributed by atoms with Crippen LogP contribution in [0.2, 0.25) is 0 Å². The Labute approximate surface area is 137 Å². The fourth-order valence-electron chi connectivity index (χ4n) is 4.96. The monoisotopic (exact) mass is 315 g/mol. The van der Waals surface area contributed by atoms with Gasteiger partial charge in [-0.1, -0.05) is 24.3 Å². The van der Waals surface area contributed by atoms with E-state index >= 15 is 0 Å². The minimum absolute atomic E-state index is 0.0581. The zero-order valence-corrected chi connectivity index (χ0v) is 13.4. The van der Waals surface area contributed by atoms with Gasteiger partial charge in [-0.3, -0.25) is 4.79 Å². The lowest BCUT2D eigenvalue weighted by molar-refractivity contribution is -0.126. The van der Waals surface area contributed by atoms with E-state index in [9.17, 15) is 9.90 Å². The molecule has 3 aliphatic rings. The van der Waals surface area contributed by atoms with E-state index in [0.29, 0.717) is 24.9 Å². The molecule has 5 unspecified atom stereocenters. The van der Waals surface area contributed by atoms with Gasteiger partial charge in [-0.25, -0.2) is 0 Å². The van der Waals surface area contributed by atoms with Crippen LogP contribution < -0.4 is 5.32 Å². The number of amides is 1. The van der Waals surface area contributed by atoms with Crippen LogP contribution in [-0.2, 0) is 16.0 Å². The molecular weight excluding hydrogens is 290 g/mol. The van der Waals surface area contributed by atoms with Gasteiger partial charge in [0.05, 0.1) is 19.1 Å². The van der Waals surface area contributed by atoms with Crippen molar-refractivity contribution < 1.29 is 14.6 Å². The predicted octanol–water partition coefficient (Wildman–Crippen LogP) is 2.21. The zero-order valence-electron chi connectivity index (χ0n) is 13.4. The molecule has 1 aliphatic heterocycles. The number of carbonyl (C=O) groups is 1. The molecule has 0 radical (unpaired) electrons. The summed E-state index contributed by atoms with van der Waals surface area (Å²) in [6, 6.07) is 8.41. The highest BCUT2D eigenvalue weighted by atomic mass is 16.5. The van der Waals surface area contributed by atoms with Gasteiger partial charge in [0.15, 0.2) is 0 Å². The summed E-state index contributed by atoms with van der Waals surface area (Å²) in [5.74, 6) is 1.46. The SMILES string of the molecule is O=C(CC1OCCc2ccccc21)NC1C2CCC(C2)C1CO.